The maximum absolute atomic E-state index is 12.6. The lowest BCUT2D eigenvalue weighted by atomic mass is 9.91. The van der Waals surface area contributed by atoms with E-state index in [0.29, 0.717) is 0 Å². The number of hydrogen-bond acceptors (Lipinski definition) is 3. The highest BCUT2D eigenvalue weighted by Gasteiger charge is 2.32. The number of para-hydroxylation sites is 1. The van der Waals surface area contributed by atoms with Gasteiger partial charge in [-0.05, 0) is 37.8 Å². The molecule has 4 heteroatoms. The van der Waals surface area contributed by atoms with Crippen LogP contribution in [0.5, 0.6) is 5.75 Å². The van der Waals surface area contributed by atoms with E-state index in [1.165, 1.54) is 0 Å². The van der Waals surface area contributed by atoms with Gasteiger partial charge in [0.05, 0.1) is 12.1 Å². The maximum Gasteiger partial charge on any atom is 0.263 e. The molecule has 1 saturated carbocycles. The van der Waals surface area contributed by atoms with Crippen molar-refractivity contribution in [2.45, 2.75) is 64.2 Å². The number of carbonyl (C=O) groups is 1. The molecule has 1 aliphatic carbocycles. The molecule has 1 aliphatic rings. The van der Waals surface area contributed by atoms with Crippen LogP contribution in [0.25, 0.3) is 0 Å². The van der Waals surface area contributed by atoms with Crippen molar-refractivity contribution in [3.05, 3.63) is 29.8 Å². The van der Waals surface area contributed by atoms with E-state index in [2.05, 4.69) is 6.92 Å². The second kappa shape index (κ2) is 7.63. The number of benzene rings is 1. The second-order valence-electron chi connectivity index (χ2n) is 6.09. The third-order valence-corrected chi connectivity index (χ3v) is 4.54. The molecule has 0 bridgehead atoms. The van der Waals surface area contributed by atoms with Gasteiger partial charge in [0.2, 0.25) is 0 Å². The summed E-state index contributed by atoms with van der Waals surface area (Å²) in [6.07, 6.45) is 3.64. The maximum atomic E-state index is 12.6. The minimum Gasteiger partial charge on any atom is -0.481 e. The third-order valence-electron chi connectivity index (χ3n) is 4.54. The Morgan fingerprint density at radius 2 is 2.05 bits per heavy atom. The van der Waals surface area contributed by atoms with Crippen LogP contribution in [0.3, 0.4) is 0 Å². The largest absolute Gasteiger partial charge is 0.481 e. The number of likely N-dealkylation sites (N-methyl/N-ethyl adjacent to an activating group) is 1. The SMILES string of the molecule is CCc1ccccc1OC(C)C(=O)N(C)C1CCCCC1O. The Labute approximate surface area is 133 Å². The smallest absolute Gasteiger partial charge is 0.263 e. The first-order valence-corrected chi connectivity index (χ1v) is 8.24. The Kier molecular flexibility index (Phi) is 5.83. The second-order valence-corrected chi connectivity index (χ2v) is 6.09. The highest BCUT2D eigenvalue weighted by Crippen LogP contribution is 2.24. The quantitative estimate of drug-likeness (QED) is 0.910. The van der Waals surface area contributed by atoms with Gasteiger partial charge in [-0.3, -0.25) is 4.79 Å². The zero-order valence-corrected chi connectivity index (χ0v) is 13.8. The summed E-state index contributed by atoms with van der Waals surface area (Å²) in [5, 5.41) is 10.1. The van der Waals surface area contributed by atoms with E-state index in [9.17, 15) is 9.90 Å². The average molecular weight is 305 g/mol. The van der Waals surface area contributed by atoms with Crippen LogP contribution in [0, 0.1) is 0 Å². The van der Waals surface area contributed by atoms with Crippen LogP contribution in [0.2, 0.25) is 0 Å². The fourth-order valence-corrected chi connectivity index (χ4v) is 3.15. The minimum atomic E-state index is -0.549. The highest BCUT2D eigenvalue weighted by atomic mass is 16.5. The number of nitrogens with zero attached hydrogens (tertiary/aromatic N) is 1. The van der Waals surface area contributed by atoms with Gasteiger partial charge in [-0.25, -0.2) is 0 Å². The molecule has 22 heavy (non-hydrogen) atoms. The topological polar surface area (TPSA) is 49.8 Å². The van der Waals surface area contributed by atoms with Gasteiger partial charge < -0.3 is 14.7 Å². The molecule has 0 aromatic heterocycles. The molecule has 0 aliphatic heterocycles. The molecule has 0 radical (unpaired) electrons. The van der Waals surface area contributed by atoms with E-state index < -0.39 is 12.2 Å². The van der Waals surface area contributed by atoms with Crippen LogP contribution in [0.4, 0.5) is 0 Å². The molecular formula is C18H27NO3. The van der Waals surface area contributed by atoms with Crippen molar-refractivity contribution in [1.29, 1.82) is 0 Å². The van der Waals surface area contributed by atoms with E-state index in [1.807, 2.05) is 24.3 Å². The minimum absolute atomic E-state index is 0.0724. The lowest BCUT2D eigenvalue weighted by Gasteiger charge is -2.36. The Balaban J connectivity index is 2.02. The van der Waals surface area contributed by atoms with Crippen LogP contribution in [-0.2, 0) is 11.2 Å². The fourth-order valence-electron chi connectivity index (χ4n) is 3.15. The normalized spacial score (nSPS) is 22.9. The molecule has 3 atom stereocenters. The first kappa shape index (κ1) is 16.8. The van der Waals surface area contributed by atoms with Gasteiger partial charge in [0.1, 0.15) is 5.75 Å². The molecule has 1 N–H and O–H groups in total. The van der Waals surface area contributed by atoms with Gasteiger partial charge in [0, 0.05) is 7.05 Å². The summed E-state index contributed by atoms with van der Waals surface area (Å²) < 4.78 is 5.87. The first-order valence-electron chi connectivity index (χ1n) is 8.24. The number of hydrogen-bond donors (Lipinski definition) is 1. The summed E-state index contributed by atoms with van der Waals surface area (Å²) in [6.45, 7) is 3.85. The number of aliphatic hydroxyl groups excluding tert-OH is 1. The molecule has 3 unspecified atom stereocenters. The van der Waals surface area contributed by atoms with Crippen LogP contribution in [0.15, 0.2) is 24.3 Å². The van der Waals surface area contributed by atoms with Crippen molar-refractivity contribution in [3.8, 4) is 5.75 Å². The monoisotopic (exact) mass is 305 g/mol. The number of rotatable bonds is 5. The van der Waals surface area contributed by atoms with Gasteiger partial charge in [-0.1, -0.05) is 38.0 Å². The van der Waals surface area contributed by atoms with Gasteiger partial charge in [-0.2, -0.15) is 0 Å². The van der Waals surface area contributed by atoms with E-state index in [-0.39, 0.29) is 11.9 Å². The lowest BCUT2D eigenvalue weighted by molar-refractivity contribution is -0.142. The molecule has 0 spiro atoms. The Morgan fingerprint density at radius 1 is 1.36 bits per heavy atom. The zero-order chi connectivity index (χ0) is 16.1. The molecular weight excluding hydrogens is 278 g/mol. The van der Waals surface area contributed by atoms with Crippen molar-refractivity contribution in [2.75, 3.05) is 7.05 Å². The predicted molar refractivity (Wildman–Crippen MR) is 86.9 cm³/mol. The summed E-state index contributed by atoms with van der Waals surface area (Å²) >= 11 is 0. The molecule has 1 aromatic carbocycles. The summed E-state index contributed by atoms with van der Waals surface area (Å²) in [7, 11) is 1.77. The predicted octanol–water partition coefficient (Wildman–Crippen LogP) is 2.78. The third kappa shape index (κ3) is 3.80. The van der Waals surface area contributed by atoms with Crippen molar-refractivity contribution in [3.63, 3.8) is 0 Å². The number of ether oxygens (including phenoxy) is 1. The van der Waals surface area contributed by atoms with Gasteiger partial charge in [0.15, 0.2) is 6.10 Å². The molecule has 122 valence electrons. The van der Waals surface area contributed by atoms with Crippen LogP contribution in [0.1, 0.15) is 45.1 Å². The molecule has 4 nitrogen and oxygen atoms in total. The average Bonchev–Trinajstić information content (AvgIpc) is 2.54. The molecule has 1 aromatic rings. The van der Waals surface area contributed by atoms with Crippen LogP contribution in [-0.4, -0.2) is 41.2 Å². The zero-order valence-electron chi connectivity index (χ0n) is 13.8. The lowest BCUT2D eigenvalue weighted by Crippen LogP contribution is -2.50. The number of amides is 1. The van der Waals surface area contributed by atoms with Crippen molar-refractivity contribution >= 4 is 5.91 Å². The van der Waals surface area contributed by atoms with E-state index in [4.69, 9.17) is 4.74 Å². The molecule has 1 fully saturated rings. The van der Waals surface area contributed by atoms with Gasteiger partial charge in [-0.15, -0.1) is 0 Å². The standard InChI is InChI=1S/C18H27NO3/c1-4-14-9-5-8-12-17(14)22-13(2)18(21)19(3)15-10-6-7-11-16(15)20/h5,8-9,12-13,15-16,20H,4,6-7,10-11H2,1-3H3. The number of carbonyl (C=O) groups excluding carboxylic acids is 1. The van der Waals surface area contributed by atoms with Gasteiger partial charge >= 0.3 is 0 Å². The first-order chi connectivity index (χ1) is 10.5. The molecule has 0 saturated heterocycles. The number of aliphatic hydroxyl groups is 1. The van der Waals surface area contributed by atoms with E-state index in [1.54, 1.807) is 18.9 Å². The summed E-state index contributed by atoms with van der Waals surface area (Å²) in [5.74, 6) is 0.695. The molecule has 2 rings (SSSR count). The highest BCUT2D eigenvalue weighted by molar-refractivity contribution is 5.81. The Hall–Kier alpha value is -1.55. The Morgan fingerprint density at radius 3 is 2.73 bits per heavy atom. The summed E-state index contributed by atoms with van der Waals surface area (Å²) in [5.41, 5.74) is 1.10. The van der Waals surface area contributed by atoms with Crippen LogP contribution >= 0.6 is 0 Å². The Bertz CT molecular complexity index is 503. The molecule has 0 heterocycles. The molecule has 1 amide bonds. The van der Waals surface area contributed by atoms with E-state index in [0.717, 1.165) is 43.4 Å². The van der Waals surface area contributed by atoms with Crippen molar-refractivity contribution < 1.29 is 14.6 Å². The number of aryl methyl sites for hydroxylation is 1. The van der Waals surface area contributed by atoms with Crippen LogP contribution < -0.4 is 4.74 Å². The van der Waals surface area contributed by atoms with Crippen molar-refractivity contribution in [2.24, 2.45) is 0 Å². The summed E-state index contributed by atoms with van der Waals surface area (Å²) in [6, 6.07) is 7.72. The summed E-state index contributed by atoms with van der Waals surface area (Å²) in [4.78, 5) is 14.3. The van der Waals surface area contributed by atoms with E-state index >= 15 is 0 Å². The van der Waals surface area contributed by atoms with Gasteiger partial charge in [0.25, 0.3) is 5.91 Å². The fraction of sp³-hybridized carbons (Fsp3) is 0.611. The van der Waals surface area contributed by atoms with Crippen molar-refractivity contribution in [1.82, 2.24) is 4.90 Å².